The van der Waals surface area contributed by atoms with Gasteiger partial charge in [0, 0.05) is 10.6 Å². The summed E-state index contributed by atoms with van der Waals surface area (Å²) in [5.74, 6) is 0.206. The largest absolute Gasteiger partial charge is 0.398 e. The summed E-state index contributed by atoms with van der Waals surface area (Å²) >= 11 is 1.65. The predicted octanol–water partition coefficient (Wildman–Crippen LogP) is 3.46. The van der Waals surface area contributed by atoms with Crippen molar-refractivity contribution in [3.8, 4) is 0 Å². The molecule has 0 fully saturated rings. The summed E-state index contributed by atoms with van der Waals surface area (Å²) in [6.45, 7) is 4.19. The number of nitrogens with one attached hydrogen (secondary N) is 1. The van der Waals surface area contributed by atoms with Crippen LogP contribution < -0.4 is 11.1 Å². The molecule has 0 aliphatic heterocycles. The molecule has 2 rings (SSSR count). The minimum Gasteiger partial charge on any atom is -0.398 e. The first-order chi connectivity index (χ1) is 9.09. The molecule has 1 atom stereocenters. The molecule has 0 bridgehead atoms. The van der Waals surface area contributed by atoms with Gasteiger partial charge in [0.05, 0.1) is 11.6 Å². The molecule has 100 valence electrons. The number of benzene rings is 1. The van der Waals surface area contributed by atoms with Gasteiger partial charge in [0.25, 0.3) is 5.91 Å². The number of anilines is 1. The third-order valence-electron chi connectivity index (χ3n) is 3.01. The molecule has 1 aromatic carbocycles. The van der Waals surface area contributed by atoms with Crippen LogP contribution in [0.15, 0.2) is 41.8 Å². The van der Waals surface area contributed by atoms with Crippen LogP contribution in [0, 0.1) is 5.92 Å². The molecule has 0 radical (unpaired) electrons. The van der Waals surface area contributed by atoms with Gasteiger partial charge in [0.2, 0.25) is 0 Å². The van der Waals surface area contributed by atoms with Crippen LogP contribution in [0.3, 0.4) is 0 Å². The number of hydrogen-bond donors (Lipinski definition) is 2. The molecule has 19 heavy (non-hydrogen) atoms. The average molecular weight is 274 g/mol. The zero-order valence-electron chi connectivity index (χ0n) is 11.1. The number of para-hydroxylation sites is 1. The van der Waals surface area contributed by atoms with Crippen molar-refractivity contribution in [1.29, 1.82) is 0 Å². The number of nitrogens with two attached hydrogens (primary N) is 1. The van der Waals surface area contributed by atoms with Crippen LogP contribution in [0.2, 0.25) is 0 Å². The Labute approximate surface area is 117 Å². The fourth-order valence-electron chi connectivity index (χ4n) is 1.96. The quantitative estimate of drug-likeness (QED) is 0.839. The van der Waals surface area contributed by atoms with Crippen LogP contribution in [0.4, 0.5) is 5.69 Å². The normalized spacial score (nSPS) is 12.4. The van der Waals surface area contributed by atoms with E-state index < -0.39 is 0 Å². The summed E-state index contributed by atoms with van der Waals surface area (Å²) < 4.78 is 0. The van der Waals surface area contributed by atoms with E-state index in [0.717, 1.165) is 4.88 Å². The molecule has 1 amide bonds. The number of carbonyl (C=O) groups is 1. The van der Waals surface area contributed by atoms with Crippen molar-refractivity contribution < 1.29 is 4.79 Å². The van der Waals surface area contributed by atoms with Gasteiger partial charge in [-0.15, -0.1) is 11.3 Å². The topological polar surface area (TPSA) is 55.1 Å². The van der Waals surface area contributed by atoms with Crippen LogP contribution in [-0.4, -0.2) is 5.91 Å². The van der Waals surface area contributed by atoms with Crippen LogP contribution in [0.25, 0.3) is 0 Å². The number of hydrogen-bond acceptors (Lipinski definition) is 3. The molecule has 0 spiro atoms. The molecule has 0 saturated heterocycles. The number of amides is 1. The second-order valence-corrected chi connectivity index (χ2v) is 5.78. The van der Waals surface area contributed by atoms with Gasteiger partial charge < -0.3 is 11.1 Å². The lowest BCUT2D eigenvalue weighted by Gasteiger charge is -2.21. The third kappa shape index (κ3) is 3.15. The summed E-state index contributed by atoms with van der Waals surface area (Å²) in [5, 5.41) is 5.09. The molecule has 3 nitrogen and oxygen atoms in total. The first-order valence-corrected chi connectivity index (χ1v) is 7.16. The zero-order valence-corrected chi connectivity index (χ0v) is 11.9. The van der Waals surface area contributed by atoms with Gasteiger partial charge in [-0.1, -0.05) is 32.0 Å². The van der Waals surface area contributed by atoms with E-state index in [4.69, 9.17) is 5.73 Å². The number of carbonyl (C=O) groups excluding carboxylic acids is 1. The van der Waals surface area contributed by atoms with E-state index in [9.17, 15) is 4.79 Å². The molecule has 2 aromatic rings. The first kappa shape index (κ1) is 13.6. The molecule has 0 aliphatic carbocycles. The molecule has 1 unspecified atom stereocenters. The number of nitrogen functional groups attached to an aromatic ring is 1. The minimum absolute atomic E-state index is 0.0205. The van der Waals surface area contributed by atoms with E-state index >= 15 is 0 Å². The smallest absolute Gasteiger partial charge is 0.253 e. The maximum absolute atomic E-state index is 12.3. The number of thiophene rings is 1. The maximum atomic E-state index is 12.3. The van der Waals surface area contributed by atoms with Crippen molar-refractivity contribution in [3.05, 3.63) is 52.2 Å². The van der Waals surface area contributed by atoms with E-state index in [1.54, 1.807) is 23.5 Å². The highest BCUT2D eigenvalue weighted by Crippen LogP contribution is 2.26. The molecule has 1 heterocycles. The number of rotatable bonds is 4. The Kier molecular flexibility index (Phi) is 4.22. The molecule has 4 heteroatoms. The Hall–Kier alpha value is -1.81. The highest BCUT2D eigenvalue weighted by Gasteiger charge is 2.20. The summed E-state index contributed by atoms with van der Waals surface area (Å²) in [5.41, 5.74) is 6.87. The maximum Gasteiger partial charge on any atom is 0.253 e. The van der Waals surface area contributed by atoms with Crippen LogP contribution in [0.5, 0.6) is 0 Å². The van der Waals surface area contributed by atoms with Crippen molar-refractivity contribution in [2.24, 2.45) is 5.92 Å². The van der Waals surface area contributed by atoms with E-state index in [1.807, 2.05) is 29.6 Å². The zero-order chi connectivity index (χ0) is 13.8. The lowest BCUT2D eigenvalue weighted by molar-refractivity contribution is 0.0927. The van der Waals surface area contributed by atoms with E-state index in [2.05, 4.69) is 19.2 Å². The fraction of sp³-hybridized carbons (Fsp3) is 0.267. The van der Waals surface area contributed by atoms with Crippen LogP contribution in [0.1, 0.15) is 35.1 Å². The Morgan fingerprint density at radius 3 is 2.53 bits per heavy atom. The Morgan fingerprint density at radius 1 is 1.21 bits per heavy atom. The van der Waals surface area contributed by atoms with E-state index in [1.165, 1.54) is 0 Å². The predicted molar refractivity (Wildman–Crippen MR) is 80.2 cm³/mol. The third-order valence-corrected chi connectivity index (χ3v) is 3.96. The van der Waals surface area contributed by atoms with Crippen LogP contribution >= 0.6 is 11.3 Å². The molecule has 3 N–H and O–H groups in total. The molecular weight excluding hydrogens is 256 g/mol. The van der Waals surface area contributed by atoms with Gasteiger partial charge in [-0.05, 0) is 29.5 Å². The van der Waals surface area contributed by atoms with Crippen molar-refractivity contribution in [3.63, 3.8) is 0 Å². The Balaban J connectivity index is 2.19. The standard InChI is InChI=1S/C15H18N2OS/c1-10(2)14(13-8-5-9-19-13)17-15(18)11-6-3-4-7-12(11)16/h3-10,14H,16H2,1-2H3,(H,17,18). The summed E-state index contributed by atoms with van der Waals surface area (Å²) in [7, 11) is 0. The summed E-state index contributed by atoms with van der Waals surface area (Å²) in [6, 6.07) is 11.2. The van der Waals surface area contributed by atoms with E-state index in [0.29, 0.717) is 17.2 Å². The average Bonchev–Trinajstić information content (AvgIpc) is 2.89. The fourth-order valence-corrected chi connectivity index (χ4v) is 2.91. The monoisotopic (exact) mass is 274 g/mol. The highest BCUT2D eigenvalue weighted by molar-refractivity contribution is 7.10. The highest BCUT2D eigenvalue weighted by atomic mass is 32.1. The van der Waals surface area contributed by atoms with Crippen molar-refractivity contribution >= 4 is 22.9 Å². The minimum atomic E-state index is -0.120. The SMILES string of the molecule is CC(C)C(NC(=O)c1ccccc1N)c1cccs1. The van der Waals surface area contributed by atoms with Gasteiger partial charge in [-0.3, -0.25) is 4.79 Å². The molecular formula is C15H18N2OS. The lowest BCUT2D eigenvalue weighted by atomic mass is 10.0. The lowest BCUT2D eigenvalue weighted by Crippen LogP contribution is -2.31. The van der Waals surface area contributed by atoms with Gasteiger partial charge in [-0.2, -0.15) is 0 Å². The van der Waals surface area contributed by atoms with Crippen molar-refractivity contribution in [2.75, 3.05) is 5.73 Å². The van der Waals surface area contributed by atoms with Gasteiger partial charge in [0.15, 0.2) is 0 Å². The van der Waals surface area contributed by atoms with E-state index in [-0.39, 0.29) is 11.9 Å². The molecule has 0 saturated carbocycles. The summed E-state index contributed by atoms with van der Waals surface area (Å²) in [4.78, 5) is 13.5. The second kappa shape index (κ2) is 5.89. The molecule has 1 aromatic heterocycles. The first-order valence-electron chi connectivity index (χ1n) is 6.28. The van der Waals surface area contributed by atoms with Crippen LogP contribution in [-0.2, 0) is 0 Å². The Morgan fingerprint density at radius 2 is 1.95 bits per heavy atom. The van der Waals surface area contributed by atoms with Crippen molar-refractivity contribution in [1.82, 2.24) is 5.32 Å². The van der Waals surface area contributed by atoms with Gasteiger partial charge >= 0.3 is 0 Å². The molecule has 0 aliphatic rings. The van der Waals surface area contributed by atoms with Gasteiger partial charge in [0.1, 0.15) is 0 Å². The Bertz CT molecular complexity index is 549. The second-order valence-electron chi connectivity index (χ2n) is 4.80. The summed E-state index contributed by atoms with van der Waals surface area (Å²) in [6.07, 6.45) is 0. The van der Waals surface area contributed by atoms with Crippen molar-refractivity contribution in [2.45, 2.75) is 19.9 Å². The van der Waals surface area contributed by atoms with Gasteiger partial charge in [-0.25, -0.2) is 0 Å².